The number of hydrogen-bond acceptors (Lipinski definition) is 4. The minimum Gasteiger partial charge on any atom is -0.356 e. The summed E-state index contributed by atoms with van der Waals surface area (Å²) in [7, 11) is -0.0744. The second-order valence-corrected chi connectivity index (χ2v) is 8.42. The first-order valence-corrected chi connectivity index (χ1v) is 10.5. The average molecular weight is 381 g/mol. The van der Waals surface area contributed by atoms with Gasteiger partial charge >= 0.3 is 0 Å². The molecule has 0 aliphatic rings. The van der Waals surface area contributed by atoms with Gasteiger partial charge in [-0.25, -0.2) is 13.1 Å². The molecule has 0 saturated heterocycles. The van der Waals surface area contributed by atoms with Crippen LogP contribution in [0.5, 0.6) is 0 Å². The Balaban J connectivity index is 1.78. The second-order valence-electron chi connectivity index (χ2n) is 5.46. The van der Waals surface area contributed by atoms with Gasteiger partial charge in [0.2, 0.25) is 10.0 Å². The molecule has 0 bridgehead atoms. The number of thiophene rings is 1. The fourth-order valence-corrected chi connectivity index (χ4v) is 3.69. The highest BCUT2D eigenvalue weighted by molar-refractivity contribution is 7.88. The van der Waals surface area contributed by atoms with Gasteiger partial charge in [0.15, 0.2) is 5.96 Å². The van der Waals surface area contributed by atoms with Crippen LogP contribution in [0.1, 0.15) is 16.0 Å². The van der Waals surface area contributed by atoms with E-state index in [9.17, 15) is 8.42 Å². The van der Waals surface area contributed by atoms with Crippen LogP contribution in [0.3, 0.4) is 0 Å². The van der Waals surface area contributed by atoms with E-state index < -0.39 is 10.0 Å². The summed E-state index contributed by atoms with van der Waals surface area (Å²) in [5.41, 5.74) is 1.82. The zero-order valence-electron chi connectivity index (χ0n) is 14.5. The van der Waals surface area contributed by atoms with Gasteiger partial charge in [0.25, 0.3) is 0 Å². The van der Waals surface area contributed by atoms with Crippen LogP contribution in [-0.4, -0.2) is 35.0 Å². The molecular formula is C17H24N4O2S2. The predicted octanol–water partition coefficient (Wildman–Crippen LogP) is 1.70. The fraction of sp³-hybridized carbons (Fsp3) is 0.353. The highest BCUT2D eigenvalue weighted by Gasteiger charge is 2.08. The Morgan fingerprint density at radius 3 is 2.44 bits per heavy atom. The van der Waals surface area contributed by atoms with Crippen molar-refractivity contribution >= 4 is 27.3 Å². The van der Waals surface area contributed by atoms with Gasteiger partial charge in [-0.15, -0.1) is 11.3 Å². The lowest BCUT2D eigenvalue weighted by molar-refractivity contribution is 0.587. The molecule has 0 fully saturated rings. The summed E-state index contributed by atoms with van der Waals surface area (Å²) in [5, 5.41) is 8.62. The zero-order chi connectivity index (χ0) is 18.1. The van der Waals surface area contributed by atoms with Gasteiger partial charge in [-0.2, -0.15) is 0 Å². The summed E-state index contributed by atoms with van der Waals surface area (Å²) in [6, 6.07) is 11.7. The maximum Gasteiger partial charge on any atom is 0.215 e. The summed E-state index contributed by atoms with van der Waals surface area (Å²) >= 11 is 1.75. The van der Waals surface area contributed by atoms with Gasteiger partial charge < -0.3 is 10.6 Å². The number of sulfonamides is 1. The lowest BCUT2D eigenvalue weighted by Gasteiger charge is -2.12. The Morgan fingerprint density at radius 2 is 1.84 bits per heavy atom. The number of hydrogen-bond donors (Lipinski definition) is 3. The van der Waals surface area contributed by atoms with Gasteiger partial charge in [0, 0.05) is 25.0 Å². The summed E-state index contributed by atoms with van der Waals surface area (Å²) in [6.45, 7) is 1.44. The molecule has 0 unspecified atom stereocenters. The molecule has 3 N–H and O–H groups in total. The van der Waals surface area contributed by atoms with Gasteiger partial charge in [0.05, 0.1) is 5.75 Å². The summed E-state index contributed by atoms with van der Waals surface area (Å²) in [4.78, 5) is 5.55. The van der Waals surface area contributed by atoms with Crippen molar-refractivity contribution < 1.29 is 8.42 Å². The molecule has 6 nitrogen and oxygen atoms in total. The molecule has 1 aromatic carbocycles. The van der Waals surface area contributed by atoms with Gasteiger partial charge in [-0.05, 0) is 36.0 Å². The normalized spacial score (nSPS) is 12.2. The molecular weight excluding hydrogens is 356 g/mol. The molecule has 8 heteroatoms. The largest absolute Gasteiger partial charge is 0.356 e. The number of aliphatic imine (C=N–C) groups is 1. The van der Waals surface area contributed by atoms with Crippen LogP contribution in [0.2, 0.25) is 0 Å². The van der Waals surface area contributed by atoms with Gasteiger partial charge in [-0.3, -0.25) is 4.99 Å². The van der Waals surface area contributed by atoms with E-state index in [0.29, 0.717) is 6.54 Å². The van der Waals surface area contributed by atoms with Crippen molar-refractivity contribution in [3.63, 3.8) is 0 Å². The number of benzene rings is 1. The molecule has 25 heavy (non-hydrogen) atoms. The fourth-order valence-electron chi connectivity index (χ4n) is 2.21. The topological polar surface area (TPSA) is 82.6 Å². The van der Waals surface area contributed by atoms with Crippen molar-refractivity contribution in [3.8, 4) is 0 Å². The minimum atomic E-state index is -3.24. The predicted molar refractivity (Wildman–Crippen MR) is 104 cm³/mol. The van der Waals surface area contributed by atoms with Crippen LogP contribution < -0.4 is 15.4 Å². The zero-order valence-corrected chi connectivity index (χ0v) is 16.1. The Labute approximate surface area is 153 Å². The molecule has 0 saturated carbocycles. The van der Waals surface area contributed by atoms with E-state index in [1.54, 1.807) is 18.4 Å². The minimum absolute atomic E-state index is 0.0108. The van der Waals surface area contributed by atoms with Crippen LogP contribution in [0.4, 0.5) is 0 Å². The molecule has 2 rings (SSSR count). The number of guanidine groups is 1. The van der Waals surface area contributed by atoms with Crippen molar-refractivity contribution in [2.75, 3.05) is 20.6 Å². The summed E-state index contributed by atoms with van der Waals surface area (Å²) < 4.78 is 25.4. The highest BCUT2D eigenvalue weighted by atomic mass is 32.2. The SMILES string of the molecule is CN=C(NCCc1cccs1)NCc1ccc(CS(=O)(=O)NC)cc1. The highest BCUT2D eigenvalue weighted by Crippen LogP contribution is 2.09. The second kappa shape index (κ2) is 9.55. The van der Waals surface area contributed by atoms with E-state index in [2.05, 4.69) is 37.9 Å². The van der Waals surface area contributed by atoms with E-state index in [1.807, 2.05) is 24.3 Å². The monoisotopic (exact) mass is 380 g/mol. The number of nitrogens with one attached hydrogen (secondary N) is 3. The Bertz CT molecular complexity index is 769. The Kier molecular flexibility index (Phi) is 7.42. The molecule has 1 aromatic heterocycles. The molecule has 0 spiro atoms. The summed E-state index contributed by atoms with van der Waals surface area (Å²) in [5.74, 6) is 0.738. The van der Waals surface area contributed by atoms with Crippen LogP contribution in [0.15, 0.2) is 46.8 Å². The molecule has 1 heterocycles. The van der Waals surface area contributed by atoms with Crippen molar-refractivity contribution in [3.05, 3.63) is 57.8 Å². The third-order valence-corrected chi connectivity index (χ3v) is 5.89. The third-order valence-electron chi connectivity index (χ3n) is 3.62. The standard InChI is InChI=1S/C17H24N4O2S2/c1-18-17(20-10-9-16-4-3-11-24-16)21-12-14-5-7-15(8-6-14)13-25(22,23)19-2/h3-8,11,19H,9-10,12-13H2,1-2H3,(H2,18,20,21). The first-order valence-electron chi connectivity index (χ1n) is 7.98. The number of rotatable bonds is 8. The lowest BCUT2D eigenvalue weighted by Crippen LogP contribution is -2.37. The van der Waals surface area contributed by atoms with Crippen LogP contribution >= 0.6 is 11.3 Å². The van der Waals surface area contributed by atoms with E-state index in [0.717, 1.165) is 30.1 Å². The maximum atomic E-state index is 11.5. The maximum absolute atomic E-state index is 11.5. The first kappa shape index (κ1) is 19.4. The molecule has 0 atom stereocenters. The van der Waals surface area contributed by atoms with Crippen LogP contribution in [0, 0.1) is 0 Å². The van der Waals surface area contributed by atoms with E-state index >= 15 is 0 Å². The Morgan fingerprint density at radius 1 is 1.12 bits per heavy atom. The Hall–Kier alpha value is -1.90. The van der Waals surface area contributed by atoms with Crippen LogP contribution in [-0.2, 0) is 28.7 Å². The molecule has 0 radical (unpaired) electrons. The first-order chi connectivity index (χ1) is 12.0. The number of nitrogens with zero attached hydrogens (tertiary/aromatic N) is 1. The van der Waals surface area contributed by atoms with Crippen molar-refractivity contribution in [2.24, 2.45) is 4.99 Å². The van der Waals surface area contributed by atoms with E-state index in [4.69, 9.17) is 0 Å². The van der Waals surface area contributed by atoms with E-state index in [1.165, 1.54) is 11.9 Å². The smallest absolute Gasteiger partial charge is 0.215 e. The third kappa shape index (κ3) is 6.85. The van der Waals surface area contributed by atoms with Crippen molar-refractivity contribution in [1.29, 1.82) is 0 Å². The summed E-state index contributed by atoms with van der Waals surface area (Å²) in [6.07, 6.45) is 0.965. The lowest BCUT2D eigenvalue weighted by atomic mass is 10.1. The molecule has 2 aromatic rings. The molecule has 136 valence electrons. The average Bonchev–Trinajstić information content (AvgIpc) is 3.12. The van der Waals surface area contributed by atoms with Crippen molar-refractivity contribution in [1.82, 2.24) is 15.4 Å². The van der Waals surface area contributed by atoms with E-state index in [-0.39, 0.29) is 5.75 Å². The van der Waals surface area contributed by atoms with Crippen LogP contribution in [0.25, 0.3) is 0 Å². The van der Waals surface area contributed by atoms with Crippen molar-refractivity contribution in [2.45, 2.75) is 18.7 Å². The molecule has 0 amide bonds. The molecule has 0 aliphatic heterocycles. The van der Waals surface area contributed by atoms with Gasteiger partial charge in [-0.1, -0.05) is 30.3 Å². The quantitative estimate of drug-likeness (QED) is 0.481. The molecule has 0 aliphatic carbocycles. The van der Waals surface area contributed by atoms with Gasteiger partial charge in [0.1, 0.15) is 0 Å².